The topological polar surface area (TPSA) is 78.4 Å². The third-order valence-corrected chi connectivity index (χ3v) is 3.69. The van der Waals surface area contributed by atoms with Crippen molar-refractivity contribution in [2.75, 3.05) is 5.32 Å². The maximum absolute atomic E-state index is 12.2. The van der Waals surface area contributed by atoms with Crippen LogP contribution >= 0.6 is 23.8 Å². The van der Waals surface area contributed by atoms with Crippen LogP contribution in [0.2, 0.25) is 5.02 Å². The van der Waals surface area contributed by atoms with E-state index in [-0.39, 0.29) is 21.6 Å². The van der Waals surface area contributed by atoms with E-state index in [1.165, 1.54) is 18.2 Å². The molecule has 0 aliphatic heterocycles. The number of rotatable bonds is 3. The van der Waals surface area contributed by atoms with E-state index in [0.29, 0.717) is 11.3 Å². The van der Waals surface area contributed by atoms with Crippen LogP contribution in [0.25, 0.3) is 0 Å². The SMILES string of the molecule is Cc1cc(C)cc(C(=O)NC(=S)Nc2ccc(C(=O)O)c(Cl)c2)c1. The molecule has 0 aliphatic carbocycles. The summed E-state index contributed by atoms with van der Waals surface area (Å²) in [6.07, 6.45) is 0. The van der Waals surface area contributed by atoms with Crippen LogP contribution in [0.3, 0.4) is 0 Å². The molecule has 0 fully saturated rings. The maximum Gasteiger partial charge on any atom is 0.337 e. The molecule has 2 aromatic carbocycles. The summed E-state index contributed by atoms with van der Waals surface area (Å²) in [7, 11) is 0. The van der Waals surface area contributed by atoms with Crippen molar-refractivity contribution in [3.63, 3.8) is 0 Å². The molecule has 0 heterocycles. The number of hydrogen-bond acceptors (Lipinski definition) is 3. The van der Waals surface area contributed by atoms with Crippen LogP contribution in [0.1, 0.15) is 31.8 Å². The number of amides is 1. The molecule has 0 atom stereocenters. The Morgan fingerprint density at radius 2 is 1.71 bits per heavy atom. The van der Waals surface area contributed by atoms with E-state index in [4.69, 9.17) is 28.9 Å². The molecule has 2 rings (SSSR count). The maximum atomic E-state index is 12.2. The smallest absolute Gasteiger partial charge is 0.337 e. The first-order valence-electron chi connectivity index (χ1n) is 7.00. The number of aryl methyl sites for hydroxylation is 2. The van der Waals surface area contributed by atoms with Crippen molar-refractivity contribution in [2.45, 2.75) is 13.8 Å². The Bertz CT molecular complexity index is 816. The van der Waals surface area contributed by atoms with Crippen molar-refractivity contribution in [1.82, 2.24) is 5.32 Å². The second-order valence-corrected chi connectivity index (χ2v) is 6.10. The van der Waals surface area contributed by atoms with Gasteiger partial charge >= 0.3 is 5.97 Å². The minimum atomic E-state index is -1.11. The van der Waals surface area contributed by atoms with Crippen molar-refractivity contribution < 1.29 is 14.7 Å². The van der Waals surface area contributed by atoms with Gasteiger partial charge in [0.1, 0.15) is 0 Å². The molecule has 0 unspecified atom stereocenters. The second-order valence-electron chi connectivity index (χ2n) is 5.28. The summed E-state index contributed by atoms with van der Waals surface area (Å²) in [6.45, 7) is 3.82. The van der Waals surface area contributed by atoms with E-state index < -0.39 is 5.97 Å². The van der Waals surface area contributed by atoms with E-state index >= 15 is 0 Å². The number of carboxylic acids is 1. The van der Waals surface area contributed by atoms with Crippen LogP contribution in [0, 0.1) is 13.8 Å². The first kappa shape index (κ1) is 17.9. The summed E-state index contributed by atoms with van der Waals surface area (Å²) in [5.41, 5.74) is 2.95. The number of carboxylic acid groups (broad SMARTS) is 1. The summed E-state index contributed by atoms with van der Waals surface area (Å²) < 4.78 is 0. The predicted molar refractivity (Wildman–Crippen MR) is 98.0 cm³/mol. The number of benzene rings is 2. The normalized spacial score (nSPS) is 10.1. The zero-order valence-corrected chi connectivity index (χ0v) is 14.6. The second kappa shape index (κ2) is 7.42. The number of carbonyl (C=O) groups is 2. The van der Waals surface area contributed by atoms with E-state index in [2.05, 4.69) is 10.6 Å². The van der Waals surface area contributed by atoms with E-state index in [1.807, 2.05) is 19.9 Å². The lowest BCUT2D eigenvalue weighted by molar-refractivity contribution is 0.0697. The fourth-order valence-corrected chi connectivity index (χ4v) is 2.68. The standard InChI is InChI=1S/C17H15ClN2O3S/c1-9-5-10(2)7-11(6-9)15(21)20-17(24)19-12-3-4-13(16(22)23)14(18)8-12/h3-8H,1-2H3,(H,22,23)(H2,19,20,21,24). The highest BCUT2D eigenvalue weighted by Crippen LogP contribution is 2.21. The molecule has 7 heteroatoms. The van der Waals surface area contributed by atoms with Gasteiger partial charge in [0.15, 0.2) is 5.11 Å². The zero-order valence-electron chi connectivity index (χ0n) is 13.0. The summed E-state index contributed by atoms with van der Waals surface area (Å²) in [6, 6.07) is 9.82. The Balaban J connectivity index is 2.06. The molecule has 0 bridgehead atoms. The van der Waals surface area contributed by atoms with Crippen molar-refractivity contribution >= 4 is 46.5 Å². The zero-order chi connectivity index (χ0) is 17.9. The van der Waals surface area contributed by atoms with Crippen LogP contribution in [0.5, 0.6) is 0 Å². The molecule has 3 N–H and O–H groups in total. The van der Waals surface area contributed by atoms with Gasteiger partial charge in [0.2, 0.25) is 0 Å². The molecule has 1 amide bonds. The lowest BCUT2D eigenvalue weighted by atomic mass is 10.1. The first-order chi connectivity index (χ1) is 11.3. The van der Waals surface area contributed by atoms with Gasteiger partial charge in [-0.1, -0.05) is 28.8 Å². The van der Waals surface area contributed by atoms with Crippen LogP contribution in [0.4, 0.5) is 5.69 Å². The third-order valence-electron chi connectivity index (χ3n) is 3.17. The molecular weight excluding hydrogens is 348 g/mol. The Morgan fingerprint density at radius 3 is 2.25 bits per heavy atom. The van der Waals surface area contributed by atoms with E-state index in [1.54, 1.807) is 12.1 Å². The number of halogens is 1. The lowest BCUT2D eigenvalue weighted by Gasteiger charge is -2.11. The molecule has 0 radical (unpaired) electrons. The molecule has 124 valence electrons. The van der Waals surface area contributed by atoms with Gasteiger partial charge in [-0.3, -0.25) is 10.1 Å². The van der Waals surface area contributed by atoms with Gasteiger partial charge in [0, 0.05) is 11.3 Å². The Morgan fingerprint density at radius 1 is 1.08 bits per heavy atom. The first-order valence-corrected chi connectivity index (χ1v) is 7.78. The van der Waals surface area contributed by atoms with Gasteiger partial charge in [-0.2, -0.15) is 0 Å². The van der Waals surface area contributed by atoms with Gasteiger partial charge in [0.05, 0.1) is 10.6 Å². The Kier molecular flexibility index (Phi) is 5.54. The summed E-state index contributed by atoms with van der Waals surface area (Å²) in [4.78, 5) is 23.1. The number of carbonyl (C=O) groups excluding carboxylic acids is 1. The van der Waals surface area contributed by atoms with Crippen molar-refractivity contribution in [1.29, 1.82) is 0 Å². The summed E-state index contributed by atoms with van der Waals surface area (Å²) in [5.74, 6) is -1.44. The fraction of sp³-hybridized carbons (Fsp3) is 0.118. The third kappa shape index (κ3) is 4.53. The molecule has 0 saturated heterocycles. The average molecular weight is 363 g/mol. The quantitative estimate of drug-likeness (QED) is 0.724. The van der Waals surface area contributed by atoms with Crippen LogP contribution in [-0.2, 0) is 0 Å². The molecule has 0 aliphatic rings. The van der Waals surface area contributed by atoms with Crippen LogP contribution < -0.4 is 10.6 Å². The monoisotopic (exact) mass is 362 g/mol. The van der Waals surface area contributed by atoms with E-state index in [0.717, 1.165) is 11.1 Å². The number of hydrogen-bond donors (Lipinski definition) is 3. The van der Waals surface area contributed by atoms with Gasteiger partial charge in [-0.15, -0.1) is 0 Å². The fourth-order valence-electron chi connectivity index (χ4n) is 2.21. The number of nitrogens with one attached hydrogen (secondary N) is 2. The van der Waals surface area contributed by atoms with Crippen molar-refractivity contribution in [3.05, 3.63) is 63.7 Å². The number of thiocarbonyl (C=S) groups is 1. The highest BCUT2D eigenvalue weighted by molar-refractivity contribution is 7.80. The van der Waals surface area contributed by atoms with Gasteiger partial charge in [-0.05, 0) is 56.4 Å². The molecule has 5 nitrogen and oxygen atoms in total. The highest BCUT2D eigenvalue weighted by Gasteiger charge is 2.11. The molecule has 0 aromatic heterocycles. The summed E-state index contributed by atoms with van der Waals surface area (Å²) >= 11 is 11.0. The number of anilines is 1. The largest absolute Gasteiger partial charge is 0.478 e. The van der Waals surface area contributed by atoms with Gasteiger partial charge in [-0.25, -0.2) is 4.79 Å². The number of aromatic carboxylic acids is 1. The van der Waals surface area contributed by atoms with Gasteiger partial charge in [0.25, 0.3) is 5.91 Å². The lowest BCUT2D eigenvalue weighted by Crippen LogP contribution is -2.34. The molecule has 0 saturated carbocycles. The molecule has 2 aromatic rings. The van der Waals surface area contributed by atoms with Gasteiger partial charge < -0.3 is 10.4 Å². The van der Waals surface area contributed by atoms with Crippen molar-refractivity contribution in [3.8, 4) is 0 Å². The highest BCUT2D eigenvalue weighted by atomic mass is 35.5. The molecule has 0 spiro atoms. The predicted octanol–water partition coefficient (Wildman–Crippen LogP) is 3.78. The van der Waals surface area contributed by atoms with Crippen LogP contribution in [-0.4, -0.2) is 22.1 Å². The average Bonchev–Trinajstić information content (AvgIpc) is 2.45. The Labute approximate surface area is 149 Å². The van der Waals surface area contributed by atoms with E-state index in [9.17, 15) is 9.59 Å². The molecular formula is C17H15ClN2O3S. The van der Waals surface area contributed by atoms with Crippen LogP contribution in [0.15, 0.2) is 36.4 Å². The summed E-state index contributed by atoms with van der Waals surface area (Å²) in [5, 5.41) is 14.5. The van der Waals surface area contributed by atoms with Crippen molar-refractivity contribution in [2.24, 2.45) is 0 Å². The minimum absolute atomic E-state index is 0.00703. The molecule has 24 heavy (non-hydrogen) atoms. The Hall–Kier alpha value is -2.44. The minimum Gasteiger partial charge on any atom is -0.478 e.